The van der Waals surface area contributed by atoms with Crippen molar-refractivity contribution in [3.05, 3.63) is 52.8 Å². The number of hydrogen-bond acceptors (Lipinski definition) is 2. The highest BCUT2D eigenvalue weighted by Crippen LogP contribution is 2.17. The molecule has 3 nitrogen and oxygen atoms in total. The van der Waals surface area contributed by atoms with Crippen molar-refractivity contribution < 1.29 is 4.79 Å². The number of aryl methyl sites for hydroxylation is 1. The van der Waals surface area contributed by atoms with Gasteiger partial charge in [0.1, 0.15) is 5.69 Å². The molecule has 0 fully saturated rings. The smallest absolute Gasteiger partial charge is 0.185 e. The number of ketones is 1. The summed E-state index contributed by atoms with van der Waals surface area (Å²) in [6.45, 7) is 2.65. The first-order chi connectivity index (χ1) is 8.22. The molecule has 2 rings (SSSR count). The molecule has 0 aliphatic rings. The van der Waals surface area contributed by atoms with Crippen LogP contribution >= 0.6 is 11.6 Å². The van der Waals surface area contributed by atoms with Gasteiger partial charge in [0.25, 0.3) is 0 Å². The van der Waals surface area contributed by atoms with Crippen molar-refractivity contribution in [2.75, 3.05) is 0 Å². The van der Waals surface area contributed by atoms with Crippen molar-refractivity contribution in [1.29, 1.82) is 0 Å². The Morgan fingerprint density at radius 3 is 2.82 bits per heavy atom. The molecule has 0 aliphatic carbocycles. The second-order valence-electron chi connectivity index (χ2n) is 3.72. The standard InChI is InChI=1S/C13H13ClN2O/c1-2-16-12(7-8-15-16)13(17)9-10-5-3-4-6-11(10)14/h3-8H,2,9H2,1H3. The van der Waals surface area contributed by atoms with Crippen LogP contribution in [-0.4, -0.2) is 15.6 Å². The third-order valence-electron chi connectivity index (χ3n) is 2.61. The lowest BCUT2D eigenvalue weighted by Gasteiger charge is -2.05. The van der Waals surface area contributed by atoms with Crippen LogP contribution in [0.2, 0.25) is 5.02 Å². The van der Waals surface area contributed by atoms with E-state index in [4.69, 9.17) is 11.6 Å². The van der Waals surface area contributed by atoms with Crippen LogP contribution in [0.1, 0.15) is 23.0 Å². The first kappa shape index (κ1) is 11.9. The van der Waals surface area contributed by atoms with Crippen LogP contribution in [-0.2, 0) is 13.0 Å². The third kappa shape index (κ3) is 2.56. The Kier molecular flexibility index (Phi) is 3.59. The number of carbonyl (C=O) groups is 1. The Bertz CT molecular complexity index is 534. The number of benzene rings is 1. The molecule has 0 bridgehead atoms. The highest BCUT2D eigenvalue weighted by atomic mass is 35.5. The third-order valence-corrected chi connectivity index (χ3v) is 2.98. The van der Waals surface area contributed by atoms with Gasteiger partial charge in [0.2, 0.25) is 0 Å². The molecule has 88 valence electrons. The summed E-state index contributed by atoms with van der Waals surface area (Å²) in [5.41, 5.74) is 1.48. The van der Waals surface area contributed by atoms with E-state index in [-0.39, 0.29) is 5.78 Å². The summed E-state index contributed by atoms with van der Waals surface area (Å²) in [5, 5.41) is 4.71. The van der Waals surface area contributed by atoms with Gasteiger partial charge in [-0.05, 0) is 24.6 Å². The maximum atomic E-state index is 12.1. The molecule has 0 amide bonds. The van der Waals surface area contributed by atoms with Gasteiger partial charge in [-0.25, -0.2) is 0 Å². The van der Waals surface area contributed by atoms with Gasteiger partial charge in [0, 0.05) is 24.2 Å². The molecule has 1 aromatic heterocycles. The van der Waals surface area contributed by atoms with Crippen LogP contribution in [0.15, 0.2) is 36.5 Å². The molecule has 0 radical (unpaired) electrons. The van der Waals surface area contributed by atoms with Crippen LogP contribution in [0.25, 0.3) is 0 Å². The minimum Gasteiger partial charge on any atom is -0.292 e. The van der Waals surface area contributed by atoms with Gasteiger partial charge < -0.3 is 0 Å². The Hall–Kier alpha value is -1.61. The maximum Gasteiger partial charge on any atom is 0.185 e. The zero-order valence-corrected chi connectivity index (χ0v) is 10.3. The van der Waals surface area contributed by atoms with Gasteiger partial charge in [-0.3, -0.25) is 9.48 Å². The molecule has 0 N–H and O–H groups in total. The highest BCUT2D eigenvalue weighted by molar-refractivity contribution is 6.31. The normalized spacial score (nSPS) is 10.5. The summed E-state index contributed by atoms with van der Waals surface area (Å²) >= 11 is 6.03. The number of hydrogen-bond donors (Lipinski definition) is 0. The number of nitrogens with zero attached hydrogens (tertiary/aromatic N) is 2. The Morgan fingerprint density at radius 2 is 2.12 bits per heavy atom. The van der Waals surface area contributed by atoms with Crippen molar-refractivity contribution in [2.24, 2.45) is 0 Å². The average molecular weight is 249 g/mol. The van der Waals surface area contributed by atoms with E-state index >= 15 is 0 Å². The van der Waals surface area contributed by atoms with E-state index in [1.165, 1.54) is 0 Å². The SMILES string of the molecule is CCn1nccc1C(=O)Cc1ccccc1Cl. The first-order valence-electron chi connectivity index (χ1n) is 5.50. The topological polar surface area (TPSA) is 34.9 Å². The average Bonchev–Trinajstić information content (AvgIpc) is 2.80. The molecule has 4 heteroatoms. The predicted molar refractivity (Wildman–Crippen MR) is 67.4 cm³/mol. The summed E-state index contributed by atoms with van der Waals surface area (Å²) in [6.07, 6.45) is 1.95. The molecule has 17 heavy (non-hydrogen) atoms. The Balaban J connectivity index is 2.20. The van der Waals surface area contributed by atoms with Crippen LogP contribution in [0, 0.1) is 0 Å². The van der Waals surface area contributed by atoms with E-state index in [0.29, 0.717) is 23.7 Å². The number of Topliss-reactive ketones (excluding diaryl/α,β-unsaturated/α-hetero) is 1. The minimum atomic E-state index is 0.0393. The van der Waals surface area contributed by atoms with E-state index < -0.39 is 0 Å². The zero-order valence-electron chi connectivity index (χ0n) is 9.56. The second-order valence-corrected chi connectivity index (χ2v) is 4.13. The van der Waals surface area contributed by atoms with Crippen molar-refractivity contribution in [3.63, 3.8) is 0 Å². The summed E-state index contributed by atoms with van der Waals surface area (Å²) < 4.78 is 1.69. The number of carbonyl (C=O) groups excluding carboxylic acids is 1. The molecular formula is C13H13ClN2O. The fraction of sp³-hybridized carbons (Fsp3) is 0.231. The zero-order chi connectivity index (χ0) is 12.3. The number of halogens is 1. The van der Waals surface area contributed by atoms with Crippen molar-refractivity contribution in [2.45, 2.75) is 19.9 Å². The minimum absolute atomic E-state index is 0.0393. The largest absolute Gasteiger partial charge is 0.292 e. The van der Waals surface area contributed by atoms with Crippen molar-refractivity contribution in [1.82, 2.24) is 9.78 Å². The quantitative estimate of drug-likeness (QED) is 0.780. The van der Waals surface area contributed by atoms with Crippen LogP contribution in [0.3, 0.4) is 0 Å². The van der Waals surface area contributed by atoms with Gasteiger partial charge in [0.05, 0.1) is 0 Å². The van der Waals surface area contributed by atoms with Crippen LogP contribution in [0.4, 0.5) is 0 Å². The number of rotatable bonds is 4. The second kappa shape index (κ2) is 5.15. The van der Waals surface area contributed by atoms with E-state index in [1.54, 1.807) is 23.0 Å². The Labute approximate surface area is 105 Å². The first-order valence-corrected chi connectivity index (χ1v) is 5.88. The molecule has 1 aromatic carbocycles. The summed E-state index contributed by atoms with van der Waals surface area (Å²) in [7, 11) is 0. The molecule has 0 saturated carbocycles. The molecule has 1 heterocycles. The molecule has 0 saturated heterocycles. The molecular weight excluding hydrogens is 236 g/mol. The predicted octanol–water partition coefficient (Wildman–Crippen LogP) is 2.98. The lowest BCUT2D eigenvalue weighted by molar-refractivity contribution is 0.0983. The van der Waals surface area contributed by atoms with Gasteiger partial charge in [-0.2, -0.15) is 5.10 Å². The fourth-order valence-corrected chi connectivity index (χ4v) is 1.93. The molecule has 2 aromatic rings. The Morgan fingerprint density at radius 1 is 1.35 bits per heavy atom. The van der Waals surface area contributed by atoms with E-state index in [1.807, 2.05) is 25.1 Å². The molecule has 0 aliphatic heterocycles. The summed E-state index contributed by atoms with van der Waals surface area (Å²) in [5.74, 6) is 0.0393. The molecule has 0 unspecified atom stereocenters. The lowest BCUT2D eigenvalue weighted by atomic mass is 10.1. The van der Waals surface area contributed by atoms with Gasteiger partial charge in [-0.15, -0.1) is 0 Å². The lowest BCUT2D eigenvalue weighted by Crippen LogP contribution is -2.11. The molecule has 0 atom stereocenters. The summed E-state index contributed by atoms with van der Waals surface area (Å²) in [6, 6.07) is 9.13. The molecule has 0 spiro atoms. The van der Waals surface area contributed by atoms with E-state index in [2.05, 4.69) is 5.10 Å². The van der Waals surface area contributed by atoms with Crippen LogP contribution < -0.4 is 0 Å². The van der Waals surface area contributed by atoms with Crippen molar-refractivity contribution >= 4 is 17.4 Å². The van der Waals surface area contributed by atoms with Crippen molar-refractivity contribution in [3.8, 4) is 0 Å². The highest BCUT2D eigenvalue weighted by Gasteiger charge is 2.13. The van der Waals surface area contributed by atoms with E-state index in [0.717, 1.165) is 5.56 Å². The van der Waals surface area contributed by atoms with Crippen LogP contribution in [0.5, 0.6) is 0 Å². The monoisotopic (exact) mass is 248 g/mol. The fourth-order valence-electron chi connectivity index (χ4n) is 1.73. The maximum absolute atomic E-state index is 12.1. The van der Waals surface area contributed by atoms with Gasteiger partial charge in [-0.1, -0.05) is 29.8 Å². The van der Waals surface area contributed by atoms with Gasteiger partial charge in [0.15, 0.2) is 5.78 Å². The number of aromatic nitrogens is 2. The summed E-state index contributed by atoms with van der Waals surface area (Å²) in [4.78, 5) is 12.1. The van der Waals surface area contributed by atoms with Gasteiger partial charge >= 0.3 is 0 Å². The van der Waals surface area contributed by atoms with E-state index in [9.17, 15) is 4.79 Å².